The SMILES string of the molecule is CC.CC.CC(C)C(=O)C1c2ccccc2-c2ccccc21.CCC(C)C(=O)c1ccc(-n2c3ccccc3c3ccccc32)cc1. The summed E-state index contributed by atoms with van der Waals surface area (Å²) < 4.78 is 2.27. The van der Waals surface area contributed by atoms with Gasteiger partial charge in [-0.15, -0.1) is 0 Å². The molecule has 3 heteroatoms. The zero-order valence-electron chi connectivity index (χ0n) is 29.2. The van der Waals surface area contributed by atoms with Crippen LogP contribution in [0.1, 0.15) is 89.2 Å². The Labute approximate surface area is 281 Å². The van der Waals surface area contributed by atoms with Crippen LogP contribution in [0, 0.1) is 11.8 Å². The van der Waals surface area contributed by atoms with E-state index in [1.807, 2.05) is 84.9 Å². The summed E-state index contributed by atoms with van der Waals surface area (Å²) in [5.74, 6) is 0.592. The van der Waals surface area contributed by atoms with E-state index >= 15 is 0 Å². The first-order chi connectivity index (χ1) is 22.9. The monoisotopic (exact) mass is 623 g/mol. The third kappa shape index (κ3) is 7.00. The van der Waals surface area contributed by atoms with Gasteiger partial charge in [0.05, 0.1) is 17.0 Å². The number of carbonyl (C=O) groups is 2. The first-order valence-electron chi connectivity index (χ1n) is 17.3. The molecule has 0 fully saturated rings. The van der Waals surface area contributed by atoms with Gasteiger partial charge in [0, 0.05) is 33.9 Å². The number of fused-ring (bicyclic) bond motifs is 6. The van der Waals surface area contributed by atoms with Crippen LogP contribution in [-0.4, -0.2) is 16.1 Å². The van der Waals surface area contributed by atoms with E-state index in [1.54, 1.807) is 0 Å². The molecule has 0 saturated carbocycles. The summed E-state index contributed by atoms with van der Waals surface area (Å²) in [4.78, 5) is 24.9. The van der Waals surface area contributed by atoms with Crippen molar-refractivity contribution >= 4 is 33.4 Å². The molecule has 1 aliphatic rings. The van der Waals surface area contributed by atoms with Gasteiger partial charge < -0.3 is 4.57 Å². The largest absolute Gasteiger partial charge is 0.309 e. The van der Waals surface area contributed by atoms with Gasteiger partial charge in [-0.1, -0.05) is 140 Å². The molecular weight excluding hydrogens is 574 g/mol. The number of carbonyl (C=O) groups excluding carboxylic acids is 2. The van der Waals surface area contributed by atoms with E-state index in [0.29, 0.717) is 5.78 Å². The molecule has 0 saturated heterocycles. The fourth-order valence-corrected chi connectivity index (χ4v) is 6.24. The van der Waals surface area contributed by atoms with Gasteiger partial charge >= 0.3 is 0 Å². The molecule has 0 spiro atoms. The Kier molecular flexibility index (Phi) is 12.1. The zero-order valence-corrected chi connectivity index (χ0v) is 29.2. The molecule has 1 atom stereocenters. The Bertz CT molecular complexity index is 1850. The lowest BCUT2D eigenvalue weighted by atomic mass is 9.87. The Morgan fingerprint density at radius 1 is 0.596 bits per heavy atom. The summed E-state index contributed by atoms with van der Waals surface area (Å²) in [6, 6.07) is 41.4. The van der Waals surface area contributed by atoms with Crippen LogP contribution in [0.3, 0.4) is 0 Å². The Hall–Kier alpha value is -4.76. The highest BCUT2D eigenvalue weighted by Crippen LogP contribution is 2.45. The fraction of sp³-hybridized carbons (Fsp3) is 0.273. The average Bonchev–Trinajstić information content (AvgIpc) is 3.66. The van der Waals surface area contributed by atoms with Crippen molar-refractivity contribution < 1.29 is 9.59 Å². The number of benzene rings is 5. The van der Waals surface area contributed by atoms with E-state index in [4.69, 9.17) is 0 Å². The minimum absolute atomic E-state index is 0.0641. The van der Waals surface area contributed by atoms with Gasteiger partial charge in [-0.2, -0.15) is 0 Å². The second-order valence-corrected chi connectivity index (χ2v) is 11.8. The molecule has 1 aliphatic carbocycles. The maximum absolute atomic E-state index is 12.5. The lowest BCUT2D eigenvalue weighted by molar-refractivity contribution is -0.122. The van der Waals surface area contributed by atoms with Crippen LogP contribution in [0.5, 0.6) is 0 Å². The van der Waals surface area contributed by atoms with Crippen molar-refractivity contribution in [1.29, 1.82) is 0 Å². The topological polar surface area (TPSA) is 39.1 Å². The quantitative estimate of drug-likeness (QED) is 0.173. The molecule has 1 aromatic heterocycles. The van der Waals surface area contributed by atoms with Crippen LogP contribution in [-0.2, 0) is 4.79 Å². The predicted octanol–water partition coefficient (Wildman–Crippen LogP) is 12.1. The molecule has 0 radical (unpaired) electrons. The van der Waals surface area contributed by atoms with Crippen molar-refractivity contribution in [3.05, 3.63) is 138 Å². The van der Waals surface area contributed by atoms with Gasteiger partial charge in [-0.3, -0.25) is 9.59 Å². The molecule has 5 aromatic carbocycles. The first-order valence-corrected chi connectivity index (χ1v) is 17.3. The number of rotatable bonds is 6. The maximum Gasteiger partial charge on any atom is 0.165 e. The lowest BCUT2D eigenvalue weighted by Gasteiger charge is -2.14. The standard InChI is InChI=1S/C23H21NO.C17H16O.2C2H6/c1-3-16(2)23(25)17-12-14-18(15-13-17)24-21-10-6-4-8-19(21)20-9-5-7-11-22(20)24;1-11(2)17(18)16-14-9-5-3-7-12(14)13-8-4-6-10-15(13)16;2*1-2/h4-16H,3H2,1-2H3;3-11,16H,1-2H3;2*1-2H3. The number of para-hydroxylation sites is 2. The summed E-state index contributed by atoms with van der Waals surface area (Å²) in [6.07, 6.45) is 0.869. The molecule has 0 amide bonds. The number of aromatic nitrogens is 1. The number of hydrogen-bond donors (Lipinski definition) is 0. The van der Waals surface area contributed by atoms with Crippen LogP contribution in [0.15, 0.2) is 121 Å². The second kappa shape index (κ2) is 16.2. The molecule has 1 unspecified atom stereocenters. The Morgan fingerprint density at radius 3 is 1.47 bits per heavy atom. The van der Waals surface area contributed by atoms with Crippen LogP contribution < -0.4 is 0 Å². The summed E-state index contributed by atoms with van der Waals surface area (Å²) in [5.41, 5.74) is 9.00. The molecule has 0 aliphatic heterocycles. The lowest BCUT2D eigenvalue weighted by Crippen LogP contribution is -2.17. The highest BCUT2D eigenvalue weighted by atomic mass is 16.1. The third-order valence-electron chi connectivity index (χ3n) is 8.74. The molecule has 0 N–H and O–H groups in total. The minimum Gasteiger partial charge on any atom is -0.309 e. The van der Waals surface area contributed by atoms with Crippen LogP contribution in [0.2, 0.25) is 0 Å². The molecule has 7 rings (SSSR count). The predicted molar refractivity (Wildman–Crippen MR) is 201 cm³/mol. The van der Waals surface area contributed by atoms with Crippen LogP contribution >= 0.6 is 0 Å². The van der Waals surface area contributed by atoms with Gasteiger partial charge in [0.15, 0.2) is 5.78 Å². The van der Waals surface area contributed by atoms with Crippen molar-refractivity contribution in [3.63, 3.8) is 0 Å². The van der Waals surface area contributed by atoms with Crippen molar-refractivity contribution in [2.24, 2.45) is 11.8 Å². The summed E-state index contributed by atoms with van der Waals surface area (Å²) in [7, 11) is 0. The van der Waals surface area contributed by atoms with E-state index in [1.165, 1.54) is 32.9 Å². The number of ketones is 2. The van der Waals surface area contributed by atoms with E-state index in [2.05, 4.69) is 96.4 Å². The smallest absolute Gasteiger partial charge is 0.165 e. The highest BCUT2D eigenvalue weighted by Gasteiger charge is 2.34. The molecule has 242 valence electrons. The fourth-order valence-electron chi connectivity index (χ4n) is 6.24. The molecule has 0 bridgehead atoms. The molecular formula is C44H49NO2. The second-order valence-electron chi connectivity index (χ2n) is 11.8. The molecule has 47 heavy (non-hydrogen) atoms. The normalized spacial score (nSPS) is 12.1. The third-order valence-corrected chi connectivity index (χ3v) is 8.74. The van der Waals surface area contributed by atoms with Crippen LogP contribution in [0.4, 0.5) is 0 Å². The highest BCUT2D eigenvalue weighted by molar-refractivity contribution is 6.09. The van der Waals surface area contributed by atoms with Crippen molar-refractivity contribution in [2.45, 2.75) is 67.7 Å². The van der Waals surface area contributed by atoms with E-state index < -0.39 is 0 Å². The summed E-state index contributed by atoms with van der Waals surface area (Å²) in [6.45, 7) is 16.0. The average molecular weight is 624 g/mol. The number of Topliss-reactive ketones (excluding diaryl/α,β-unsaturated/α-hetero) is 2. The molecule has 6 aromatic rings. The zero-order chi connectivity index (χ0) is 34.1. The maximum atomic E-state index is 12.5. The number of nitrogens with zero attached hydrogens (tertiary/aromatic N) is 1. The van der Waals surface area contributed by atoms with E-state index in [0.717, 1.165) is 28.8 Å². The van der Waals surface area contributed by atoms with E-state index in [9.17, 15) is 9.59 Å². The van der Waals surface area contributed by atoms with Crippen LogP contribution in [0.25, 0.3) is 38.6 Å². The summed E-state index contributed by atoms with van der Waals surface area (Å²) >= 11 is 0. The summed E-state index contributed by atoms with van der Waals surface area (Å²) in [5, 5.41) is 2.50. The van der Waals surface area contributed by atoms with Gasteiger partial charge in [0.1, 0.15) is 5.78 Å². The van der Waals surface area contributed by atoms with Gasteiger partial charge in [-0.25, -0.2) is 0 Å². The Balaban J connectivity index is 0.000000201. The van der Waals surface area contributed by atoms with Crippen molar-refractivity contribution in [3.8, 4) is 16.8 Å². The molecule has 3 nitrogen and oxygen atoms in total. The molecule has 1 heterocycles. The van der Waals surface area contributed by atoms with Crippen molar-refractivity contribution in [2.75, 3.05) is 0 Å². The first kappa shape index (κ1) is 35.1. The van der Waals surface area contributed by atoms with Crippen molar-refractivity contribution in [1.82, 2.24) is 4.57 Å². The van der Waals surface area contributed by atoms with Gasteiger partial charge in [0.25, 0.3) is 0 Å². The number of hydrogen-bond acceptors (Lipinski definition) is 2. The van der Waals surface area contributed by atoms with E-state index in [-0.39, 0.29) is 23.5 Å². The Morgan fingerprint density at radius 2 is 1.02 bits per heavy atom. The minimum atomic E-state index is -0.0719. The van der Waals surface area contributed by atoms with Gasteiger partial charge in [-0.05, 0) is 65.1 Å². The van der Waals surface area contributed by atoms with Gasteiger partial charge in [0.2, 0.25) is 0 Å².